The molecule has 4 rings (SSSR count). The predicted molar refractivity (Wildman–Crippen MR) is 110 cm³/mol. The average Bonchev–Trinajstić information content (AvgIpc) is 3.25. The van der Waals surface area contributed by atoms with Gasteiger partial charge in [0.2, 0.25) is 5.91 Å². The molecule has 1 aliphatic rings. The van der Waals surface area contributed by atoms with Crippen LogP contribution in [0.25, 0.3) is 11.3 Å². The van der Waals surface area contributed by atoms with Gasteiger partial charge in [-0.3, -0.25) is 14.9 Å². The van der Waals surface area contributed by atoms with Crippen molar-refractivity contribution in [3.05, 3.63) is 57.9 Å². The fraction of sp³-hybridized carbons (Fsp3) is 0.150. The Kier molecular flexibility index (Phi) is 5.02. The van der Waals surface area contributed by atoms with E-state index in [1.807, 2.05) is 30.5 Å². The van der Waals surface area contributed by atoms with E-state index in [0.29, 0.717) is 22.3 Å². The van der Waals surface area contributed by atoms with Gasteiger partial charge >= 0.3 is 0 Å². The first kappa shape index (κ1) is 18.5. The van der Waals surface area contributed by atoms with Gasteiger partial charge in [-0.2, -0.15) is 0 Å². The quantitative estimate of drug-likeness (QED) is 0.654. The molecule has 3 aromatic rings. The largest absolute Gasteiger partial charge is 0.483 e. The summed E-state index contributed by atoms with van der Waals surface area (Å²) < 4.78 is 5.54. The highest BCUT2D eigenvalue weighted by molar-refractivity contribution is 7.14. The number of thiazole rings is 1. The number of amides is 2. The molecule has 28 heavy (non-hydrogen) atoms. The summed E-state index contributed by atoms with van der Waals surface area (Å²) in [6.45, 7) is 1.75. The van der Waals surface area contributed by atoms with Crippen LogP contribution in [0.1, 0.15) is 11.1 Å². The maximum Gasteiger partial charge on any atom is 0.264 e. The molecule has 0 spiro atoms. The van der Waals surface area contributed by atoms with E-state index >= 15 is 0 Å². The summed E-state index contributed by atoms with van der Waals surface area (Å²) in [5, 5.41) is 8.53. The molecular formula is C20H16ClN3O3S. The number of carbonyl (C=O) groups excluding carboxylic acids is 2. The van der Waals surface area contributed by atoms with E-state index in [1.54, 1.807) is 18.2 Å². The SMILES string of the molecule is Cc1cc(Cl)ccc1OCC(=O)Nc1nc(-c2ccc3c(c2)CC(=O)N3)cs1. The van der Waals surface area contributed by atoms with E-state index in [2.05, 4.69) is 15.6 Å². The third-order valence-electron chi connectivity index (χ3n) is 4.27. The molecule has 6 nitrogen and oxygen atoms in total. The number of anilines is 2. The molecule has 142 valence electrons. The molecule has 2 aromatic carbocycles. The van der Waals surface area contributed by atoms with Crippen LogP contribution in [0.5, 0.6) is 5.75 Å². The lowest BCUT2D eigenvalue weighted by Gasteiger charge is -2.08. The van der Waals surface area contributed by atoms with Crippen LogP contribution < -0.4 is 15.4 Å². The molecule has 0 unspecified atom stereocenters. The summed E-state index contributed by atoms with van der Waals surface area (Å²) in [7, 11) is 0. The van der Waals surface area contributed by atoms with Gasteiger partial charge in [-0.15, -0.1) is 11.3 Å². The number of benzene rings is 2. The number of aryl methyl sites for hydroxylation is 1. The maximum absolute atomic E-state index is 12.2. The van der Waals surface area contributed by atoms with Gasteiger partial charge in [-0.1, -0.05) is 17.7 Å². The number of nitrogens with one attached hydrogen (secondary N) is 2. The lowest BCUT2D eigenvalue weighted by Crippen LogP contribution is -2.20. The average molecular weight is 414 g/mol. The first-order valence-corrected chi connectivity index (χ1v) is 9.81. The second kappa shape index (κ2) is 7.61. The Morgan fingerprint density at radius 2 is 2.18 bits per heavy atom. The van der Waals surface area contributed by atoms with Gasteiger partial charge in [0.05, 0.1) is 12.1 Å². The van der Waals surface area contributed by atoms with Crippen molar-refractivity contribution in [1.29, 1.82) is 0 Å². The molecule has 0 fully saturated rings. The summed E-state index contributed by atoms with van der Waals surface area (Å²) >= 11 is 7.25. The van der Waals surface area contributed by atoms with E-state index in [-0.39, 0.29) is 18.4 Å². The number of hydrogen-bond acceptors (Lipinski definition) is 5. The smallest absolute Gasteiger partial charge is 0.264 e. The van der Waals surface area contributed by atoms with Gasteiger partial charge in [0.25, 0.3) is 5.91 Å². The van der Waals surface area contributed by atoms with Gasteiger partial charge in [0.15, 0.2) is 11.7 Å². The standard InChI is InChI=1S/C20H16ClN3O3S/c1-11-6-14(21)3-5-17(11)27-9-19(26)24-20-23-16(10-28-20)12-2-4-15-13(7-12)8-18(25)22-15/h2-7,10H,8-9H2,1H3,(H,22,25)(H,23,24,26). The van der Waals surface area contributed by atoms with Crippen LogP contribution in [-0.4, -0.2) is 23.4 Å². The van der Waals surface area contributed by atoms with Crippen LogP contribution in [0.2, 0.25) is 5.02 Å². The third-order valence-corrected chi connectivity index (χ3v) is 5.27. The molecule has 2 amide bonds. The molecule has 0 bridgehead atoms. The number of ether oxygens (including phenoxy) is 1. The minimum atomic E-state index is -0.293. The summed E-state index contributed by atoms with van der Waals surface area (Å²) in [4.78, 5) is 28.1. The first-order chi connectivity index (χ1) is 13.5. The van der Waals surface area contributed by atoms with Crippen molar-refractivity contribution < 1.29 is 14.3 Å². The topological polar surface area (TPSA) is 80.3 Å². The molecule has 0 saturated carbocycles. The molecular weight excluding hydrogens is 398 g/mol. The third kappa shape index (κ3) is 4.00. The summed E-state index contributed by atoms with van der Waals surface area (Å²) in [5.74, 6) is 0.314. The number of hydrogen-bond donors (Lipinski definition) is 2. The zero-order valence-electron chi connectivity index (χ0n) is 14.9. The molecule has 1 aromatic heterocycles. The highest BCUT2D eigenvalue weighted by Crippen LogP contribution is 2.31. The van der Waals surface area contributed by atoms with Gasteiger partial charge in [0, 0.05) is 21.7 Å². The van der Waals surface area contributed by atoms with Crippen molar-refractivity contribution in [3.63, 3.8) is 0 Å². The number of nitrogens with zero attached hydrogens (tertiary/aromatic N) is 1. The molecule has 0 radical (unpaired) electrons. The summed E-state index contributed by atoms with van der Waals surface area (Å²) in [5.41, 5.74) is 4.30. The minimum absolute atomic E-state index is 0.00527. The van der Waals surface area contributed by atoms with Crippen molar-refractivity contribution in [2.24, 2.45) is 0 Å². The Hall–Kier alpha value is -2.90. The van der Waals surface area contributed by atoms with Gasteiger partial charge in [-0.25, -0.2) is 4.98 Å². The molecule has 0 aliphatic carbocycles. The summed E-state index contributed by atoms with van der Waals surface area (Å²) in [6, 6.07) is 10.9. The molecule has 0 saturated heterocycles. The highest BCUT2D eigenvalue weighted by Gasteiger charge is 2.18. The summed E-state index contributed by atoms with van der Waals surface area (Å²) in [6.07, 6.45) is 0.373. The van der Waals surface area contributed by atoms with E-state index in [0.717, 1.165) is 28.1 Å². The van der Waals surface area contributed by atoms with Gasteiger partial charge < -0.3 is 10.1 Å². The van der Waals surface area contributed by atoms with Crippen LogP contribution in [0.4, 0.5) is 10.8 Å². The van der Waals surface area contributed by atoms with Crippen LogP contribution in [0.3, 0.4) is 0 Å². The molecule has 0 atom stereocenters. The maximum atomic E-state index is 12.2. The molecule has 8 heteroatoms. The van der Waals surface area contributed by atoms with Crippen molar-refractivity contribution in [1.82, 2.24) is 4.98 Å². The molecule has 2 heterocycles. The Labute approximate surface area is 170 Å². The zero-order valence-corrected chi connectivity index (χ0v) is 16.5. The second-order valence-electron chi connectivity index (χ2n) is 6.38. The van der Waals surface area contributed by atoms with E-state index < -0.39 is 0 Å². The van der Waals surface area contributed by atoms with Gasteiger partial charge in [-0.05, 0) is 48.4 Å². The van der Waals surface area contributed by atoms with Crippen LogP contribution >= 0.6 is 22.9 Å². The Morgan fingerprint density at radius 1 is 1.32 bits per heavy atom. The first-order valence-electron chi connectivity index (χ1n) is 8.55. The fourth-order valence-corrected chi connectivity index (χ4v) is 3.89. The Balaban J connectivity index is 1.39. The second-order valence-corrected chi connectivity index (χ2v) is 7.68. The van der Waals surface area contributed by atoms with Gasteiger partial charge in [0.1, 0.15) is 5.75 Å². The van der Waals surface area contributed by atoms with Crippen LogP contribution in [-0.2, 0) is 16.0 Å². The molecule has 1 aliphatic heterocycles. The molecule has 2 N–H and O–H groups in total. The highest BCUT2D eigenvalue weighted by atomic mass is 35.5. The van der Waals surface area contributed by atoms with Crippen LogP contribution in [0, 0.1) is 6.92 Å². The Bertz CT molecular complexity index is 1080. The lowest BCUT2D eigenvalue weighted by atomic mass is 10.1. The number of halogens is 1. The van der Waals surface area contributed by atoms with E-state index in [1.165, 1.54) is 11.3 Å². The van der Waals surface area contributed by atoms with Crippen molar-refractivity contribution in [3.8, 4) is 17.0 Å². The number of carbonyl (C=O) groups is 2. The zero-order chi connectivity index (χ0) is 19.7. The monoisotopic (exact) mass is 413 g/mol. The van der Waals surface area contributed by atoms with Crippen molar-refractivity contribution in [2.75, 3.05) is 17.2 Å². The van der Waals surface area contributed by atoms with E-state index in [9.17, 15) is 9.59 Å². The normalized spacial score (nSPS) is 12.4. The minimum Gasteiger partial charge on any atom is -0.483 e. The van der Waals surface area contributed by atoms with Crippen molar-refractivity contribution >= 4 is 45.6 Å². The predicted octanol–water partition coefficient (Wildman–Crippen LogP) is 4.28. The number of rotatable bonds is 5. The Morgan fingerprint density at radius 3 is 3.00 bits per heavy atom. The number of fused-ring (bicyclic) bond motifs is 1. The number of aromatic nitrogens is 1. The fourth-order valence-electron chi connectivity index (χ4n) is 2.93. The van der Waals surface area contributed by atoms with Crippen LogP contribution in [0.15, 0.2) is 41.8 Å². The lowest BCUT2D eigenvalue weighted by molar-refractivity contribution is -0.118. The van der Waals surface area contributed by atoms with E-state index in [4.69, 9.17) is 16.3 Å². The van der Waals surface area contributed by atoms with Crippen molar-refractivity contribution in [2.45, 2.75) is 13.3 Å².